The van der Waals surface area contributed by atoms with Crippen LogP contribution in [0.1, 0.15) is 55.6 Å². The summed E-state index contributed by atoms with van der Waals surface area (Å²) in [5, 5.41) is 29.0. The summed E-state index contributed by atoms with van der Waals surface area (Å²) in [7, 11) is 0. The minimum atomic E-state index is -1.48. The molecule has 0 aromatic carbocycles. The van der Waals surface area contributed by atoms with Crippen molar-refractivity contribution in [1.29, 1.82) is 0 Å². The zero-order valence-electron chi connectivity index (χ0n) is 15.3. The van der Waals surface area contributed by atoms with E-state index in [2.05, 4.69) is 11.9 Å². The number of hydrogen-bond acceptors (Lipinski definition) is 9. The molecule has 1 aromatic rings. The highest BCUT2D eigenvalue weighted by atomic mass is 16.6. The Hall–Kier alpha value is -2.01. The zero-order valence-corrected chi connectivity index (χ0v) is 15.3. The molecule has 27 heavy (non-hydrogen) atoms. The van der Waals surface area contributed by atoms with Crippen LogP contribution in [0.15, 0.2) is 11.0 Å². The molecule has 0 spiro atoms. The lowest BCUT2D eigenvalue weighted by molar-refractivity contribution is -0.0550. The number of nitrogens with two attached hydrogens (primary N) is 1. The van der Waals surface area contributed by atoms with Crippen molar-refractivity contribution in [2.75, 3.05) is 18.9 Å². The summed E-state index contributed by atoms with van der Waals surface area (Å²) in [6.45, 7) is 1.78. The van der Waals surface area contributed by atoms with Gasteiger partial charge in [0.05, 0.1) is 13.2 Å². The number of carbonyl (C=O) groups is 1. The third kappa shape index (κ3) is 5.04. The fourth-order valence-electron chi connectivity index (χ4n) is 2.88. The molecule has 0 unspecified atom stereocenters. The molecular formula is C17H27N3O7. The lowest BCUT2D eigenvalue weighted by atomic mass is 10.1. The first-order chi connectivity index (χ1) is 12.9. The number of ether oxygens (including phenoxy) is 2. The van der Waals surface area contributed by atoms with Crippen molar-refractivity contribution >= 4 is 11.8 Å². The van der Waals surface area contributed by atoms with Crippen LogP contribution in [0.2, 0.25) is 0 Å². The van der Waals surface area contributed by atoms with Gasteiger partial charge in [0.15, 0.2) is 6.23 Å². The van der Waals surface area contributed by atoms with E-state index in [1.807, 2.05) is 0 Å². The van der Waals surface area contributed by atoms with Crippen LogP contribution in [-0.4, -0.2) is 62.4 Å². The molecule has 0 bridgehead atoms. The van der Waals surface area contributed by atoms with Crippen LogP contribution in [0.3, 0.4) is 0 Å². The number of nitrogens with zero attached hydrogens (tertiary/aromatic N) is 2. The fraction of sp³-hybridized carbons (Fsp3) is 0.706. The maximum absolute atomic E-state index is 12.2. The van der Waals surface area contributed by atoms with E-state index in [1.54, 1.807) is 0 Å². The van der Waals surface area contributed by atoms with Crippen molar-refractivity contribution in [3.8, 4) is 0 Å². The van der Waals surface area contributed by atoms with E-state index in [1.165, 1.54) is 0 Å². The second-order valence-corrected chi connectivity index (χ2v) is 6.51. The van der Waals surface area contributed by atoms with Crippen LogP contribution in [0, 0.1) is 0 Å². The van der Waals surface area contributed by atoms with E-state index in [4.69, 9.17) is 20.3 Å². The lowest BCUT2D eigenvalue weighted by Gasteiger charge is -2.18. The highest BCUT2D eigenvalue weighted by Gasteiger charge is 2.44. The third-order valence-corrected chi connectivity index (χ3v) is 4.47. The molecule has 0 aliphatic carbocycles. The van der Waals surface area contributed by atoms with E-state index in [0.717, 1.165) is 36.4 Å². The van der Waals surface area contributed by atoms with Gasteiger partial charge in [-0.1, -0.05) is 32.6 Å². The summed E-state index contributed by atoms with van der Waals surface area (Å²) >= 11 is 0. The topological polar surface area (TPSA) is 157 Å². The maximum Gasteiger partial charge on any atom is 0.351 e. The number of aliphatic hydroxyl groups is 3. The normalized spacial score (nSPS) is 24.9. The molecule has 0 saturated carbocycles. The lowest BCUT2D eigenvalue weighted by Crippen LogP contribution is -2.36. The average Bonchev–Trinajstić information content (AvgIpc) is 2.92. The molecule has 4 atom stereocenters. The molecule has 1 fully saturated rings. The smallest absolute Gasteiger partial charge is 0.351 e. The Bertz CT molecular complexity index is 694. The molecule has 1 aromatic heterocycles. The summed E-state index contributed by atoms with van der Waals surface area (Å²) in [6.07, 6.45) is 0.815. The Morgan fingerprint density at radius 2 is 2.00 bits per heavy atom. The number of anilines is 1. The molecule has 0 amide bonds. The van der Waals surface area contributed by atoms with Crippen LogP contribution in [0.4, 0.5) is 5.82 Å². The fourth-order valence-corrected chi connectivity index (χ4v) is 2.88. The van der Waals surface area contributed by atoms with E-state index in [0.29, 0.717) is 6.42 Å². The van der Waals surface area contributed by atoms with Crippen molar-refractivity contribution in [3.05, 3.63) is 22.2 Å². The van der Waals surface area contributed by atoms with Crippen molar-refractivity contribution in [1.82, 2.24) is 9.55 Å². The minimum Gasteiger partial charge on any atom is -0.462 e. The molecule has 10 heteroatoms. The number of aromatic nitrogens is 2. The van der Waals surface area contributed by atoms with Gasteiger partial charge in [0, 0.05) is 6.20 Å². The highest BCUT2D eigenvalue weighted by Crippen LogP contribution is 2.28. The molecule has 2 rings (SSSR count). The van der Waals surface area contributed by atoms with Crippen LogP contribution >= 0.6 is 0 Å². The Kier molecular flexibility index (Phi) is 7.72. The summed E-state index contributed by atoms with van der Waals surface area (Å²) in [6, 6.07) is 0. The van der Waals surface area contributed by atoms with Crippen LogP contribution in [0.5, 0.6) is 0 Å². The Morgan fingerprint density at radius 3 is 2.63 bits per heavy atom. The molecule has 1 aliphatic rings. The second-order valence-electron chi connectivity index (χ2n) is 6.51. The number of unbranched alkanes of at least 4 members (excludes halogenated alkanes) is 4. The van der Waals surface area contributed by atoms with Gasteiger partial charge in [0.1, 0.15) is 29.7 Å². The van der Waals surface area contributed by atoms with Gasteiger partial charge in [-0.15, -0.1) is 0 Å². The van der Waals surface area contributed by atoms with Gasteiger partial charge in [0.2, 0.25) is 0 Å². The molecule has 5 N–H and O–H groups in total. The number of esters is 1. The predicted molar refractivity (Wildman–Crippen MR) is 95.0 cm³/mol. The number of rotatable bonds is 9. The summed E-state index contributed by atoms with van der Waals surface area (Å²) < 4.78 is 11.3. The Labute approximate surface area is 156 Å². The van der Waals surface area contributed by atoms with E-state index < -0.39 is 42.8 Å². The van der Waals surface area contributed by atoms with E-state index in [-0.39, 0.29) is 18.0 Å². The van der Waals surface area contributed by atoms with Crippen molar-refractivity contribution in [2.24, 2.45) is 0 Å². The minimum absolute atomic E-state index is 0.138. The molecule has 10 nitrogen and oxygen atoms in total. The SMILES string of the molecule is CCCCCCCOC(=O)c1cn([C@@H]2O[C@H](CO)[C@@H](O)[C@@H]2O)c(=O)nc1N. The third-order valence-electron chi connectivity index (χ3n) is 4.47. The molecule has 0 radical (unpaired) electrons. The largest absolute Gasteiger partial charge is 0.462 e. The number of aliphatic hydroxyl groups excluding tert-OH is 3. The number of hydrogen-bond donors (Lipinski definition) is 4. The molecule has 2 heterocycles. The van der Waals surface area contributed by atoms with Gasteiger partial charge >= 0.3 is 11.7 Å². The highest BCUT2D eigenvalue weighted by molar-refractivity contribution is 5.93. The quantitative estimate of drug-likeness (QED) is 0.327. The van der Waals surface area contributed by atoms with Gasteiger partial charge in [-0.05, 0) is 6.42 Å². The first kappa shape index (κ1) is 21.3. The van der Waals surface area contributed by atoms with E-state index in [9.17, 15) is 19.8 Å². The standard InChI is InChI=1S/C17H27N3O7/c1-2-3-4-5-6-7-26-16(24)10-8-20(17(25)19-14(10)18)15-13(23)12(22)11(9-21)27-15/h8,11-13,15,21-23H,2-7,9H2,1H3,(H2,18,19,25)/t11-,12-,13+,15-/m1/s1. The first-order valence-corrected chi connectivity index (χ1v) is 9.09. The Morgan fingerprint density at radius 1 is 1.30 bits per heavy atom. The zero-order chi connectivity index (χ0) is 20.0. The summed E-state index contributed by atoms with van der Waals surface area (Å²) in [5.74, 6) is -1.03. The number of carbonyl (C=O) groups excluding carboxylic acids is 1. The maximum atomic E-state index is 12.2. The number of nitrogen functional groups attached to an aromatic ring is 1. The van der Waals surface area contributed by atoms with Gasteiger partial charge in [-0.3, -0.25) is 4.57 Å². The van der Waals surface area contributed by atoms with Crippen molar-refractivity contribution in [3.63, 3.8) is 0 Å². The molecule has 152 valence electrons. The van der Waals surface area contributed by atoms with Crippen molar-refractivity contribution in [2.45, 2.75) is 63.6 Å². The van der Waals surface area contributed by atoms with Gasteiger partial charge < -0.3 is 30.5 Å². The summed E-state index contributed by atoms with van der Waals surface area (Å²) in [5.41, 5.74) is 4.66. The summed E-state index contributed by atoms with van der Waals surface area (Å²) in [4.78, 5) is 27.9. The van der Waals surface area contributed by atoms with Crippen LogP contribution in [0.25, 0.3) is 0 Å². The Balaban J connectivity index is 2.09. The average molecular weight is 385 g/mol. The molecule has 1 aliphatic heterocycles. The van der Waals surface area contributed by atoms with Crippen LogP contribution < -0.4 is 11.4 Å². The van der Waals surface area contributed by atoms with Gasteiger partial charge in [-0.2, -0.15) is 4.98 Å². The first-order valence-electron chi connectivity index (χ1n) is 9.09. The van der Waals surface area contributed by atoms with Gasteiger partial charge in [0.25, 0.3) is 0 Å². The van der Waals surface area contributed by atoms with Crippen molar-refractivity contribution < 1.29 is 29.6 Å². The van der Waals surface area contributed by atoms with E-state index >= 15 is 0 Å². The predicted octanol–water partition coefficient (Wildman–Crippen LogP) is -0.436. The monoisotopic (exact) mass is 385 g/mol. The molecular weight excluding hydrogens is 358 g/mol. The van der Waals surface area contributed by atoms with Gasteiger partial charge in [-0.25, -0.2) is 9.59 Å². The van der Waals surface area contributed by atoms with Crippen LogP contribution in [-0.2, 0) is 9.47 Å². The molecule has 1 saturated heterocycles. The second kappa shape index (κ2) is 9.79.